The van der Waals surface area contributed by atoms with Crippen LogP contribution in [0.5, 0.6) is 0 Å². The predicted octanol–water partition coefficient (Wildman–Crippen LogP) is 1.20. The molecule has 2 aliphatic heterocycles. The highest BCUT2D eigenvalue weighted by Gasteiger charge is 2.33. The highest BCUT2D eigenvalue weighted by molar-refractivity contribution is 7.89. The average Bonchev–Trinajstić information content (AvgIpc) is 3.24. The van der Waals surface area contributed by atoms with E-state index in [-0.39, 0.29) is 28.4 Å². The van der Waals surface area contributed by atoms with E-state index in [1.807, 2.05) is 7.05 Å². The maximum atomic E-state index is 12.7. The van der Waals surface area contributed by atoms with Crippen LogP contribution in [0.4, 0.5) is 0 Å². The molecule has 2 aliphatic rings. The number of sulfonamides is 1. The fourth-order valence-electron chi connectivity index (χ4n) is 3.45. The van der Waals surface area contributed by atoms with Gasteiger partial charge in [-0.1, -0.05) is 0 Å². The van der Waals surface area contributed by atoms with Gasteiger partial charge in [-0.3, -0.25) is 4.79 Å². The normalized spacial score (nSPS) is 22.9. The molecule has 0 aromatic carbocycles. The molecular formula is C16H25N3O4S. The maximum Gasteiger partial charge on any atom is 0.289 e. The Morgan fingerprint density at radius 1 is 1.25 bits per heavy atom. The summed E-state index contributed by atoms with van der Waals surface area (Å²) in [5, 5.41) is 3.19. The maximum absolute atomic E-state index is 12.7. The molecule has 1 N–H and O–H groups in total. The Morgan fingerprint density at radius 2 is 1.96 bits per heavy atom. The highest BCUT2D eigenvalue weighted by atomic mass is 32.2. The molecule has 7 nitrogen and oxygen atoms in total. The molecule has 1 amide bonds. The second kappa shape index (κ2) is 6.85. The number of likely N-dealkylation sites (tertiary alicyclic amines) is 1. The first-order valence-electron chi connectivity index (χ1n) is 8.50. The molecule has 24 heavy (non-hydrogen) atoms. The molecule has 1 atom stereocenters. The SMILES string of the molecule is CNC1CCCN(C(=O)c2cc(S(=O)(=O)N3CCCC3)c(C)o2)C1. The first-order valence-corrected chi connectivity index (χ1v) is 9.94. The Bertz CT molecular complexity index is 707. The minimum Gasteiger partial charge on any atom is -0.455 e. The molecule has 2 fully saturated rings. The van der Waals surface area contributed by atoms with Crippen LogP contribution in [0, 0.1) is 6.92 Å². The molecule has 0 saturated carbocycles. The van der Waals surface area contributed by atoms with Crippen molar-refractivity contribution in [3.63, 3.8) is 0 Å². The lowest BCUT2D eigenvalue weighted by Gasteiger charge is -2.31. The largest absolute Gasteiger partial charge is 0.455 e. The van der Waals surface area contributed by atoms with E-state index in [9.17, 15) is 13.2 Å². The molecule has 8 heteroatoms. The van der Waals surface area contributed by atoms with E-state index >= 15 is 0 Å². The summed E-state index contributed by atoms with van der Waals surface area (Å²) in [6.45, 7) is 3.96. The van der Waals surface area contributed by atoms with Crippen LogP contribution in [-0.2, 0) is 10.0 Å². The van der Waals surface area contributed by atoms with Gasteiger partial charge in [0, 0.05) is 38.3 Å². The van der Waals surface area contributed by atoms with E-state index in [4.69, 9.17) is 4.42 Å². The summed E-state index contributed by atoms with van der Waals surface area (Å²) in [6.07, 6.45) is 3.71. The number of nitrogens with zero attached hydrogens (tertiary/aromatic N) is 2. The van der Waals surface area contributed by atoms with Gasteiger partial charge in [0.05, 0.1) is 0 Å². The van der Waals surface area contributed by atoms with Crippen molar-refractivity contribution < 1.29 is 17.6 Å². The number of likely N-dealkylation sites (N-methyl/N-ethyl adjacent to an activating group) is 1. The van der Waals surface area contributed by atoms with Crippen LogP contribution in [-0.4, -0.2) is 62.8 Å². The number of carbonyl (C=O) groups is 1. The zero-order valence-electron chi connectivity index (χ0n) is 14.2. The summed E-state index contributed by atoms with van der Waals surface area (Å²) >= 11 is 0. The highest BCUT2D eigenvalue weighted by Crippen LogP contribution is 2.27. The third-order valence-corrected chi connectivity index (χ3v) is 6.89. The van der Waals surface area contributed by atoms with Gasteiger partial charge in [0.15, 0.2) is 5.76 Å². The van der Waals surface area contributed by atoms with Crippen LogP contribution in [0.3, 0.4) is 0 Å². The van der Waals surface area contributed by atoms with Gasteiger partial charge in [-0.25, -0.2) is 8.42 Å². The standard InChI is InChI=1S/C16H25N3O4S/c1-12-15(24(21,22)19-8-3-4-9-19)10-14(23-12)16(20)18-7-5-6-13(11-18)17-2/h10,13,17H,3-9,11H2,1-2H3. The number of aryl methyl sites for hydroxylation is 1. The molecule has 0 bridgehead atoms. The zero-order chi connectivity index (χ0) is 17.3. The third kappa shape index (κ3) is 3.22. The van der Waals surface area contributed by atoms with Crippen LogP contribution in [0.25, 0.3) is 0 Å². The van der Waals surface area contributed by atoms with Gasteiger partial charge in [0.25, 0.3) is 5.91 Å². The minimum atomic E-state index is -3.57. The quantitative estimate of drug-likeness (QED) is 0.877. The van der Waals surface area contributed by atoms with Crippen molar-refractivity contribution in [3.05, 3.63) is 17.6 Å². The molecule has 0 radical (unpaired) electrons. The fourth-order valence-corrected chi connectivity index (χ4v) is 5.13. The lowest BCUT2D eigenvalue weighted by atomic mass is 10.1. The summed E-state index contributed by atoms with van der Waals surface area (Å²) in [7, 11) is -1.69. The van der Waals surface area contributed by atoms with Crippen molar-refractivity contribution in [1.82, 2.24) is 14.5 Å². The number of furan rings is 1. The van der Waals surface area contributed by atoms with E-state index < -0.39 is 10.0 Å². The molecule has 0 spiro atoms. The Morgan fingerprint density at radius 3 is 2.62 bits per heavy atom. The van der Waals surface area contributed by atoms with Crippen molar-refractivity contribution in [2.45, 2.75) is 43.5 Å². The molecule has 3 heterocycles. The second-order valence-electron chi connectivity index (χ2n) is 6.52. The van der Waals surface area contributed by atoms with Crippen LogP contribution in [0.2, 0.25) is 0 Å². The van der Waals surface area contributed by atoms with E-state index in [1.54, 1.807) is 11.8 Å². The van der Waals surface area contributed by atoms with Crippen molar-refractivity contribution in [3.8, 4) is 0 Å². The number of amides is 1. The van der Waals surface area contributed by atoms with Crippen LogP contribution in [0.15, 0.2) is 15.4 Å². The summed E-state index contributed by atoms with van der Waals surface area (Å²) in [5.41, 5.74) is 0. The lowest BCUT2D eigenvalue weighted by molar-refractivity contribution is 0.0664. The number of rotatable bonds is 4. The number of piperidine rings is 1. The molecule has 134 valence electrons. The fraction of sp³-hybridized carbons (Fsp3) is 0.688. The topological polar surface area (TPSA) is 82.9 Å². The molecule has 3 rings (SSSR count). The van der Waals surface area contributed by atoms with Crippen LogP contribution in [0.1, 0.15) is 42.0 Å². The summed E-state index contributed by atoms with van der Waals surface area (Å²) in [5.74, 6) is 0.162. The molecular weight excluding hydrogens is 330 g/mol. The molecule has 1 aromatic rings. The monoisotopic (exact) mass is 355 g/mol. The van der Waals surface area contributed by atoms with Crippen molar-refractivity contribution in [2.24, 2.45) is 0 Å². The zero-order valence-corrected chi connectivity index (χ0v) is 15.1. The Kier molecular flexibility index (Phi) is 4.98. The molecule has 0 aliphatic carbocycles. The van der Waals surface area contributed by atoms with Gasteiger partial charge < -0.3 is 14.6 Å². The van der Waals surface area contributed by atoms with E-state index in [0.717, 1.165) is 25.7 Å². The van der Waals surface area contributed by atoms with Gasteiger partial charge in [-0.05, 0) is 39.7 Å². The van der Waals surface area contributed by atoms with Gasteiger partial charge >= 0.3 is 0 Å². The molecule has 2 saturated heterocycles. The Balaban J connectivity index is 1.82. The van der Waals surface area contributed by atoms with E-state index in [1.165, 1.54) is 10.4 Å². The summed E-state index contributed by atoms with van der Waals surface area (Å²) in [4.78, 5) is 14.5. The van der Waals surface area contributed by atoms with Crippen molar-refractivity contribution in [2.75, 3.05) is 33.2 Å². The van der Waals surface area contributed by atoms with Gasteiger partial charge in [-0.15, -0.1) is 0 Å². The van der Waals surface area contributed by atoms with E-state index in [2.05, 4.69) is 5.32 Å². The second-order valence-corrected chi connectivity index (χ2v) is 8.43. The van der Waals surface area contributed by atoms with Crippen LogP contribution >= 0.6 is 0 Å². The van der Waals surface area contributed by atoms with Crippen LogP contribution < -0.4 is 5.32 Å². The van der Waals surface area contributed by atoms with Gasteiger partial charge in [0.1, 0.15) is 10.7 Å². The van der Waals surface area contributed by atoms with Gasteiger partial charge in [0.2, 0.25) is 10.0 Å². The third-order valence-electron chi connectivity index (χ3n) is 4.88. The number of nitrogens with one attached hydrogen (secondary N) is 1. The Hall–Kier alpha value is -1.38. The van der Waals surface area contributed by atoms with Crippen molar-refractivity contribution in [1.29, 1.82) is 0 Å². The average molecular weight is 355 g/mol. The summed E-state index contributed by atoms with van der Waals surface area (Å²) < 4.78 is 32.4. The summed E-state index contributed by atoms with van der Waals surface area (Å²) in [6, 6.07) is 1.67. The number of hydrogen-bond donors (Lipinski definition) is 1. The van der Waals surface area contributed by atoms with Crippen molar-refractivity contribution >= 4 is 15.9 Å². The first-order chi connectivity index (χ1) is 11.4. The number of carbonyl (C=O) groups excluding carboxylic acids is 1. The first kappa shape index (κ1) is 17.4. The lowest BCUT2D eigenvalue weighted by Crippen LogP contribution is -2.46. The predicted molar refractivity (Wildman–Crippen MR) is 89.4 cm³/mol. The Labute approximate surface area is 143 Å². The number of hydrogen-bond acceptors (Lipinski definition) is 5. The molecule has 1 unspecified atom stereocenters. The minimum absolute atomic E-state index is 0.113. The van der Waals surface area contributed by atoms with Gasteiger partial charge in [-0.2, -0.15) is 4.31 Å². The smallest absolute Gasteiger partial charge is 0.289 e. The molecule has 1 aromatic heterocycles. The van der Waals surface area contributed by atoms with E-state index in [0.29, 0.717) is 26.2 Å².